The molecule has 2 aromatic rings. The molecule has 1 aliphatic heterocycles. The molecule has 3 nitrogen and oxygen atoms in total. The molecule has 0 bridgehead atoms. The summed E-state index contributed by atoms with van der Waals surface area (Å²) in [6.07, 6.45) is 2.01. The van der Waals surface area contributed by atoms with Crippen molar-refractivity contribution >= 4 is 18.3 Å². The number of nitrogens with zero attached hydrogens (tertiary/aromatic N) is 1. The quantitative estimate of drug-likeness (QED) is 0.915. The monoisotopic (exact) mass is 344 g/mol. The first-order valence-electron chi connectivity index (χ1n) is 8.35. The lowest BCUT2D eigenvalue weighted by Crippen LogP contribution is -2.42. The number of carbonyl (C=O) groups excluding carboxylic acids is 1. The van der Waals surface area contributed by atoms with Crippen LogP contribution in [-0.4, -0.2) is 29.9 Å². The summed E-state index contributed by atoms with van der Waals surface area (Å²) in [4.78, 5) is 14.6. The molecule has 1 aliphatic rings. The van der Waals surface area contributed by atoms with Gasteiger partial charge in [0.1, 0.15) is 0 Å². The standard InChI is InChI=1S/C20H24N2O.ClH/c1-15(21)16-11-13-22(14-12-16)20(23)19-9-7-18(8-10-19)17-5-3-2-4-6-17;/h2-10,15-16H,11-14,21H2,1H3;1H. The van der Waals surface area contributed by atoms with Crippen LogP contribution in [0.1, 0.15) is 30.1 Å². The van der Waals surface area contributed by atoms with Crippen molar-refractivity contribution in [1.29, 1.82) is 0 Å². The first kappa shape index (κ1) is 18.5. The number of hydrogen-bond acceptors (Lipinski definition) is 2. The van der Waals surface area contributed by atoms with Crippen molar-refractivity contribution in [2.75, 3.05) is 13.1 Å². The van der Waals surface area contributed by atoms with Gasteiger partial charge in [0.25, 0.3) is 5.91 Å². The minimum Gasteiger partial charge on any atom is -0.339 e. The first-order chi connectivity index (χ1) is 11.1. The van der Waals surface area contributed by atoms with Gasteiger partial charge in [-0.2, -0.15) is 0 Å². The number of piperidine rings is 1. The van der Waals surface area contributed by atoms with Crippen LogP contribution in [0.25, 0.3) is 11.1 Å². The summed E-state index contributed by atoms with van der Waals surface area (Å²) in [5.74, 6) is 0.673. The maximum Gasteiger partial charge on any atom is 0.253 e. The molecule has 1 fully saturated rings. The molecule has 24 heavy (non-hydrogen) atoms. The summed E-state index contributed by atoms with van der Waals surface area (Å²) in [7, 11) is 0. The van der Waals surface area contributed by atoms with Gasteiger partial charge in [0, 0.05) is 24.7 Å². The van der Waals surface area contributed by atoms with Crippen molar-refractivity contribution < 1.29 is 4.79 Å². The minimum absolute atomic E-state index is 0. The molecule has 0 saturated carbocycles. The highest BCUT2D eigenvalue weighted by Crippen LogP contribution is 2.23. The second-order valence-corrected chi connectivity index (χ2v) is 6.43. The molecule has 0 aromatic heterocycles. The van der Waals surface area contributed by atoms with E-state index in [2.05, 4.69) is 19.1 Å². The zero-order valence-corrected chi connectivity index (χ0v) is 14.8. The van der Waals surface area contributed by atoms with Gasteiger partial charge in [-0.05, 0) is 48.9 Å². The summed E-state index contributed by atoms with van der Waals surface area (Å²) in [6, 6.07) is 18.4. The van der Waals surface area contributed by atoms with E-state index in [1.807, 2.05) is 47.4 Å². The molecule has 128 valence electrons. The summed E-state index contributed by atoms with van der Waals surface area (Å²) < 4.78 is 0. The van der Waals surface area contributed by atoms with Crippen LogP contribution in [-0.2, 0) is 0 Å². The van der Waals surface area contributed by atoms with Crippen LogP contribution in [0.15, 0.2) is 54.6 Å². The molecule has 0 aliphatic carbocycles. The summed E-state index contributed by atoms with van der Waals surface area (Å²) in [5.41, 5.74) is 9.04. The van der Waals surface area contributed by atoms with Crippen LogP contribution < -0.4 is 5.73 Å². The van der Waals surface area contributed by atoms with E-state index in [1.165, 1.54) is 5.56 Å². The number of benzene rings is 2. The van der Waals surface area contributed by atoms with Crippen LogP contribution in [0.4, 0.5) is 0 Å². The summed E-state index contributed by atoms with van der Waals surface area (Å²) in [5, 5.41) is 0. The molecule has 1 amide bonds. The second kappa shape index (κ2) is 8.32. The fourth-order valence-electron chi connectivity index (χ4n) is 3.25. The van der Waals surface area contributed by atoms with Crippen molar-refractivity contribution in [3.05, 3.63) is 60.2 Å². The Kier molecular flexibility index (Phi) is 6.41. The van der Waals surface area contributed by atoms with Crippen molar-refractivity contribution in [1.82, 2.24) is 4.90 Å². The van der Waals surface area contributed by atoms with E-state index in [9.17, 15) is 4.79 Å². The minimum atomic E-state index is 0. The molecular weight excluding hydrogens is 320 g/mol. The molecule has 1 heterocycles. The van der Waals surface area contributed by atoms with Gasteiger partial charge < -0.3 is 10.6 Å². The Bertz CT molecular complexity index is 647. The zero-order valence-electron chi connectivity index (χ0n) is 14.0. The molecule has 2 N–H and O–H groups in total. The molecule has 1 atom stereocenters. The molecule has 2 aromatic carbocycles. The van der Waals surface area contributed by atoms with E-state index in [1.54, 1.807) is 0 Å². The van der Waals surface area contributed by atoms with Gasteiger partial charge >= 0.3 is 0 Å². The Balaban J connectivity index is 0.00000208. The highest BCUT2D eigenvalue weighted by Gasteiger charge is 2.25. The largest absolute Gasteiger partial charge is 0.339 e. The van der Waals surface area contributed by atoms with Crippen LogP contribution >= 0.6 is 12.4 Å². The van der Waals surface area contributed by atoms with Crippen molar-refractivity contribution in [3.63, 3.8) is 0 Å². The molecule has 0 spiro atoms. The molecule has 0 radical (unpaired) electrons. The van der Waals surface area contributed by atoms with Crippen molar-refractivity contribution in [2.24, 2.45) is 11.7 Å². The Morgan fingerprint density at radius 1 is 1.00 bits per heavy atom. The van der Waals surface area contributed by atoms with Crippen LogP contribution in [0.5, 0.6) is 0 Å². The molecule has 1 saturated heterocycles. The van der Waals surface area contributed by atoms with Gasteiger partial charge in [-0.25, -0.2) is 0 Å². The van der Waals surface area contributed by atoms with Gasteiger partial charge in [-0.3, -0.25) is 4.79 Å². The van der Waals surface area contributed by atoms with Crippen LogP contribution in [0.3, 0.4) is 0 Å². The first-order valence-corrected chi connectivity index (χ1v) is 8.35. The number of rotatable bonds is 3. The van der Waals surface area contributed by atoms with Gasteiger partial charge in [0.2, 0.25) is 0 Å². The molecular formula is C20H25ClN2O. The van der Waals surface area contributed by atoms with E-state index in [0.29, 0.717) is 5.92 Å². The lowest BCUT2D eigenvalue weighted by molar-refractivity contribution is 0.0681. The average molecular weight is 345 g/mol. The van der Waals surface area contributed by atoms with Gasteiger partial charge in [-0.1, -0.05) is 42.5 Å². The van der Waals surface area contributed by atoms with Gasteiger partial charge in [0.05, 0.1) is 0 Å². The highest BCUT2D eigenvalue weighted by atomic mass is 35.5. The maximum absolute atomic E-state index is 12.6. The third kappa shape index (κ3) is 4.16. The number of nitrogens with two attached hydrogens (primary N) is 1. The Hall–Kier alpha value is -1.84. The van der Waals surface area contributed by atoms with Crippen LogP contribution in [0, 0.1) is 5.92 Å². The number of amides is 1. The zero-order chi connectivity index (χ0) is 16.2. The fraction of sp³-hybridized carbons (Fsp3) is 0.350. The Labute approximate surface area is 150 Å². The molecule has 4 heteroatoms. The molecule has 1 unspecified atom stereocenters. The number of hydrogen-bond donors (Lipinski definition) is 1. The maximum atomic E-state index is 12.6. The second-order valence-electron chi connectivity index (χ2n) is 6.43. The molecule has 3 rings (SSSR count). The van der Waals surface area contributed by atoms with E-state index < -0.39 is 0 Å². The van der Waals surface area contributed by atoms with E-state index in [-0.39, 0.29) is 24.4 Å². The van der Waals surface area contributed by atoms with Gasteiger partial charge in [0.15, 0.2) is 0 Å². The van der Waals surface area contributed by atoms with Crippen LogP contribution in [0.2, 0.25) is 0 Å². The van der Waals surface area contributed by atoms with Crippen molar-refractivity contribution in [2.45, 2.75) is 25.8 Å². The third-order valence-electron chi connectivity index (χ3n) is 4.81. The SMILES string of the molecule is CC(N)C1CCN(C(=O)c2ccc(-c3ccccc3)cc2)CC1.Cl. The smallest absolute Gasteiger partial charge is 0.253 e. The number of carbonyl (C=O) groups is 1. The Morgan fingerprint density at radius 2 is 1.54 bits per heavy atom. The third-order valence-corrected chi connectivity index (χ3v) is 4.81. The van der Waals surface area contributed by atoms with Crippen molar-refractivity contribution in [3.8, 4) is 11.1 Å². The fourth-order valence-corrected chi connectivity index (χ4v) is 3.25. The average Bonchev–Trinajstić information content (AvgIpc) is 2.62. The lowest BCUT2D eigenvalue weighted by Gasteiger charge is -2.33. The number of halogens is 1. The normalized spacial score (nSPS) is 16.3. The predicted octanol–water partition coefficient (Wildman–Crippen LogP) is 3.97. The summed E-state index contributed by atoms with van der Waals surface area (Å²) in [6.45, 7) is 3.68. The topological polar surface area (TPSA) is 46.3 Å². The lowest BCUT2D eigenvalue weighted by atomic mass is 9.90. The Morgan fingerprint density at radius 3 is 2.08 bits per heavy atom. The van der Waals surface area contributed by atoms with E-state index in [0.717, 1.165) is 37.1 Å². The van der Waals surface area contributed by atoms with E-state index >= 15 is 0 Å². The highest BCUT2D eigenvalue weighted by molar-refractivity contribution is 5.94. The predicted molar refractivity (Wildman–Crippen MR) is 101 cm³/mol. The van der Waals surface area contributed by atoms with E-state index in [4.69, 9.17) is 5.73 Å². The number of likely N-dealkylation sites (tertiary alicyclic amines) is 1. The van der Waals surface area contributed by atoms with Gasteiger partial charge in [-0.15, -0.1) is 12.4 Å². The summed E-state index contributed by atoms with van der Waals surface area (Å²) >= 11 is 0.